The summed E-state index contributed by atoms with van der Waals surface area (Å²) in [5.74, 6) is 0.521. The lowest BCUT2D eigenvalue weighted by Crippen LogP contribution is -2.33. The minimum Gasteiger partial charge on any atom is -0.340 e. The number of pyridine rings is 1. The molecule has 144 valence electrons. The number of hydrogen-bond acceptors (Lipinski definition) is 2. The van der Waals surface area contributed by atoms with Crippen molar-refractivity contribution in [2.75, 3.05) is 5.32 Å². The lowest BCUT2D eigenvalue weighted by Gasteiger charge is -2.26. The maximum absolute atomic E-state index is 5.98. The monoisotopic (exact) mass is 409 g/mol. The van der Waals surface area contributed by atoms with E-state index >= 15 is 0 Å². The fourth-order valence-electron chi connectivity index (χ4n) is 2.88. The molecule has 1 N–H and O–H groups in total. The number of hydrogen-bond donors (Lipinski definition) is 1. The summed E-state index contributed by atoms with van der Waals surface area (Å²) in [7, 11) is 0. The van der Waals surface area contributed by atoms with E-state index in [1.807, 2.05) is 36.5 Å². The van der Waals surface area contributed by atoms with Gasteiger partial charge in [-0.2, -0.15) is 0 Å². The number of benzene rings is 2. The van der Waals surface area contributed by atoms with Crippen molar-refractivity contribution < 1.29 is 0 Å². The fraction of sp³-hybridized carbons (Fsp3) is 0.217. The zero-order valence-corrected chi connectivity index (χ0v) is 17.7. The third kappa shape index (κ3) is 5.78. The number of rotatable bonds is 6. The second kappa shape index (κ2) is 9.67. The molecule has 2 aromatic carbocycles. The Morgan fingerprint density at radius 1 is 1.00 bits per heavy atom. The van der Waals surface area contributed by atoms with Gasteiger partial charge in [0.1, 0.15) is 0 Å². The van der Waals surface area contributed by atoms with Crippen LogP contribution in [0.15, 0.2) is 73.1 Å². The molecule has 0 saturated carbocycles. The summed E-state index contributed by atoms with van der Waals surface area (Å²) < 4.78 is 0. The van der Waals surface area contributed by atoms with E-state index in [0.29, 0.717) is 29.1 Å². The first kappa shape index (κ1) is 20.3. The first-order valence-corrected chi connectivity index (χ1v) is 10.1. The predicted octanol–water partition coefficient (Wildman–Crippen LogP) is 6.26. The molecule has 0 unspecified atom stereocenters. The second-order valence-electron chi connectivity index (χ2n) is 7.05. The molecule has 0 fully saturated rings. The third-order valence-corrected chi connectivity index (χ3v) is 5.11. The van der Waals surface area contributed by atoms with Crippen LogP contribution in [0.4, 0.5) is 5.69 Å². The Bertz CT molecular complexity index is 893. The third-order valence-electron chi connectivity index (χ3n) is 4.50. The maximum Gasteiger partial charge on any atom is 0.174 e. The van der Waals surface area contributed by atoms with Crippen LogP contribution in [0.1, 0.15) is 36.5 Å². The van der Waals surface area contributed by atoms with Crippen LogP contribution in [0.2, 0.25) is 5.02 Å². The van der Waals surface area contributed by atoms with E-state index in [0.717, 1.165) is 11.3 Å². The van der Waals surface area contributed by atoms with Crippen LogP contribution in [0.25, 0.3) is 0 Å². The number of nitrogens with one attached hydrogen (secondary N) is 1. The molecule has 3 rings (SSSR count). The van der Waals surface area contributed by atoms with E-state index in [2.05, 4.69) is 59.4 Å². The van der Waals surface area contributed by atoms with E-state index in [1.165, 1.54) is 11.1 Å². The Kier molecular flexibility index (Phi) is 7.01. The van der Waals surface area contributed by atoms with Gasteiger partial charge in [-0.25, -0.2) is 0 Å². The van der Waals surface area contributed by atoms with Gasteiger partial charge in [0.2, 0.25) is 0 Å². The Balaban J connectivity index is 1.77. The molecule has 0 amide bonds. The van der Waals surface area contributed by atoms with Crippen molar-refractivity contribution in [2.45, 2.75) is 32.9 Å². The quantitative estimate of drug-likeness (QED) is 0.486. The minimum atomic E-state index is 0.521. The lowest BCUT2D eigenvalue weighted by atomic mass is 10.0. The largest absolute Gasteiger partial charge is 0.340 e. The Hall–Kier alpha value is -2.43. The molecule has 3 nitrogen and oxygen atoms in total. The highest BCUT2D eigenvalue weighted by atomic mass is 35.5. The molecule has 0 aliphatic carbocycles. The number of aromatic nitrogens is 1. The molecular weight excluding hydrogens is 386 g/mol. The van der Waals surface area contributed by atoms with Gasteiger partial charge in [0.25, 0.3) is 0 Å². The second-order valence-corrected chi connectivity index (χ2v) is 7.87. The fourth-order valence-corrected chi connectivity index (χ4v) is 3.25. The van der Waals surface area contributed by atoms with Crippen LogP contribution < -0.4 is 5.32 Å². The molecule has 0 radical (unpaired) electrons. The number of nitrogens with zero attached hydrogens (tertiary/aromatic N) is 2. The van der Waals surface area contributed by atoms with Gasteiger partial charge in [0.05, 0.1) is 0 Å². The zero-order valence-electron chi connectivity index (χ0n) is 16.1. The van der Waals surface area contributed by atoms with Crippen LogP contribution in [0.5, 0.6) is 0 Å². The number of halogens is 1. The maximum atomic E-state index is 5.98. The van der Waals surface area contributed by atoms with Gasteiger partial charge in [0.15, 0.2) is 5.11 Å². The summed E-state index contributed by atoms with van der Waals surface area (Å²) >= 11 is 11.7. The highest BCUT2D eigenvalue weighted by Gasteiger charge is 2.12. The molecular formula is C23H24ClN3S. The Morgan fingerprint density at radius 2 is 1.68 bits per heavy atom. The highest BCUT2D eigenvalue weighted by molar-refractivity contribution is 7.80. The minimum absolute atomic E-state index is 0.521. The topological polar surface area (TPSA) is 28.2 Å². The van der Waals surface area contributed by atoms with Gasteiger partial charge in [0, 0.05) is 36.2 Å². The predicted molar refractivity (Wildman–Crippen MR) is 122 cm³/mol. The number of anilines is 1. The number of thiocarbonyl (C=S) groups is 1. The van der Waals surface area contributed by atoms with Crippen LogP contribution in [-0.2, 0) is 13.1 Å². The molecule has 28 heavy (non-hydrogen) atoms. The molecule has 0 bridgehead atoms. The highest BCUT2D eigenvalue weighted by Crippen LogP contribution is 2.18. The summed E-state index contributed by atoms with van der Waals surface area (Å²) in [5.41, 5.74) is 4.58. The summed E-state index contributed by atoms with van der Waals surface area (Å²) in [6.07, 6.45) is 3.66. The molecule has 1 heterocycles. The van der Waals surface area contributed by atoms with Gasteiger partial charge >= 0.3 is 0 Å². The average molecular weight is 410 g/mol. The van der Waals surface area contributed by atoms with E-state index in [4.69, 9.17) is 23.8 Å². The van der Waals surface area contributed by atoms with Crippen LogP contribution in [0, 0.1) is 0 Å². The van der Waals surface area contributed by atoms with Crippen molar-refractivity contribution in [3.05, 3.63) is 94.8 Å². The normalized spacial score (nSPS) is 10.7. The molecule has 0 aliphatic heterocycles. The molecule has 1 aromatic heterocycles. The van der Waals surface area contributed by atoms with Crippen LogP contribution >= 0.6 is 23.8 Å². The van der Waals surface area contributed by atoms with Crippen LogP contribution in [0.3, 0.4) is 0 Å². The van der Waals surface area contributed by atoms with E-state index in [1.54, 1.807) is 6.20 Å². The van der Waals surface area contributed by atoms with Crippen molar-refractivity contribution in [2.24, 2.45) is 0 Å². The van der Waals surface area contributed by atoms with Crippen molar-refractivity contribution in [3.8, 4) is 0 Å². The van der Waals surface area contributed by atoms with Gasteiger partial charge in [-0.15, -0.1) is 0 Å². The van der Waals surface area contributed by atoms with Crippen molar-refractivity contribution >= 4 is 34.6 Å². The standard InChI is InChI=1S/C23H24ClN3S/c1-17(2)20-7-5-18(6-8-20)15-27(16-19-4-3-13-25-14-19)23(28)26-22-11-9-21(24)10-12-22/h3-14,17H,15-16H2,1-2H3,(H,26,28). The van der Waals surface area contributed by atoms with Crippen molar-refractivity contribution in [3.63, 3.8) is 0 Å². The van der Waals surface area contributed by atoms with Gasteiger partial charge in [-0.3, -0.25) is 4.98 Å². The SMILES string of the molecule is CC(C)c1ccc(CN(Cc2cccnc2)C(=S)Nc2ccc(Cl)cc2)cc1. The Labute approximate surface area is 177 Å². The molecule has 0 spiro atoms. The van der Waals surface area contributed by atoms with Crippen molar-refractivity contribution in [1.29, 1.82) is 0 Å². The van der Waals surface area contributed by atoms with E-state index < -0.39 is 0 Å². The molecule has 0 aliphatic rings. The first-order chi connectivity index (χ1) is 13.5. The molecule has 3 aromatic rings. The van der Waals surface area contributed by atoms with E-state index in [9.17, 15) is 0 Å². The smallest absolute Gasteiger partial charge is 0.174 e. The van der Waals surface area contributed by atoms with Crippen LogP contribution in [-0.4, -0.2) is 15.0 Å². The summed E-state index contributed by atoms with van der Waals surface area (Å²) in [6.45, 7) is 5.80. The van der Waals surface area contributed by atoms with Crippen molar-refractivity contribution in [1.82, 2.24) is 9.88 Å². The van der Waals surface area contributed by atoms with E-state index in [-0.39, 0.29) is 0 Å². The summed E-state index contributed by atoms with van der Waals surface area (Å²) in [5, 5.41) is 4.69. The van der Waals surface area contributed by atoms with Gasteiger partial charge in [-0.05, 0) is 65.2 Å². The molecule has 0 atom stereocenters. The molecule has 5 heteroatoms. The van der Waals surface area contributed by atoms with Gasteiger partial charge < -0.3 is 10.2 Å². The molecule has 0 saturated heterocycles. The van der Waals surface area contributed by atoms with Gasteiger partial charge in [-0.1, -0.05) is 55.8 Å². The average Bonchev–Trinajstić information content (AvgIpc) is 2.70. The Morgan fingerprint density at radius 3 is 2.29 bits per heavy atom. The first-order valence-electron chi connectivity index (χ1n) is 9.30. The summed E-state index contributed by atoms with van der Waals surface area (Å²) in [6, 6.07) is 20.3. The zero-order chi connectivity index (χ0) is 19.9. The summed E-state index contributed by atoms with van der Waals surface area (Å²) in [4.78, 5) is 6.37. The lowest BCUT2D eigenvalue weighted by molar-refractivity contribution is 0.412.